The molecule has 0 radical (unpaired) electrons. The Morgan fingerprint density at radius 2 is 1.94 bits per heavy atom. The number of hydrogen-bond donors (Lipinski definition) is 1. The zero-order chi connectivity index (χ0) is 12.7. The van der Waals surface area contributed by atoms with Crippen molar-refractivity contribution in [2.24, 2.45) is 0 Å². The molecule has 0 saturated heterocycles. The quantitative estimate of drug-likeness (QED) is 0.743. The summed E-state index contributed by atoms with van der Waals surface area (Å²) < 4.78 is 2.76. The SMILES string of the molecule is Cc1ccc2c(Br)nc(-c3ccccc3O)n2c1. The highest BCUT2D eigenvalue weighted by molar-refractivity contribution is 9.10. The minimum Gasteiger partial charge on any atom is -0.507 e. The van der Waals surface area contributed by atoms with Gasteiger partial charge in [0.15, 0.2) is 0 Å². The van der Waals surface area contributed by atoms with Gasteiger partial charge in [-0.3, -0.25) is 4.40 Å². The molecule has 18 heavy (non-hydrogen) atoms. The summed E-state index contributed by atoms with van der Waals surface area (Å²) >= 11 is 3.45. The lowest BCUT2D eigenvalue weighted by atomic mass is 10.2. The molecule has 0 fully saturated rings. The second kappa shape index (κ2) is 4.14. The standard InChI is InChI=1S/C14H11BrN2O/c1-9-6-7-11-13(15)16-14(17(11)8-9)10-4-2-3-5-12(10)18/h2-8,18H,1H3. The van der Waals surface area contributed by atoms with Gasteiger partial charge in [0, 0.05) is 6.20 Å². The number of aryl methyl sites for hydroxylation is 1. The number of fused-ring (bicyclic) bond motifs is 1. The van der Waals surface area contributed by atoms with E-state index in [1.807, 2.05) is 41.8 Å². The van der Waals surface area contributed by atoms with Gasteiger partial charge in [0.2, 0.25) is 0 Å². The van der Waals surface area contributed by atoms with Crippen LogP contribution in [-0.4, -0.2) is 14.5 Å². The second-order valence-electron chi connectivity index (χ2n) is 4.21. The first-order chi connectivity index (χ1) is 8.66. The van der Waals surface area contributed by atoms with Crippen LogP contribution >= 0.6 is 15.9 Å². The fourth-order valence-electron chi connectivity index (χ4n) is 2.01. The largest absolute Gasteiger partial charge is 0.507 e. The number of benzene rings is 1. The molecule has 0 aliphatic carbocycles. The molecule has 0 spiro atoms. The monoisotopic (exact) mass is 302 g/mol. The minimum atomic E-state index is 0.235. The number of phenols is 1. The molecule has 0 bridgehead atoms. The average molecular weight is 303 g/mol. The zero-order valence-electron chi connectivity index (χ0n) is 9.76. The molecule has 1 aromatic carbocycles. The van der Waals surface area contributed by atoms with Crippen LogP contribution in [0.4, 0.5) is 0 Å². The summed E-state index contributed by atoms with van der Waals surface area (Å²) in [7, 11) is 0. The van der Waals surface area contributed by atoms with E-state index in [1.165, 1.54) is 0 Å². The molecule has 2 aromatic heterocycles. The summed E-state index contributed by atoms with van der Waals surface area (Å²) in [5.41, 5.74) is 2.85. The van der Waals surface area contributed by atoms with E-state index in [4.69, 9.17) is 0 Å². The number of hydrogen-bond acceptors (Lipinski definition) is 2. The van der Waals surface area contributed by atoms with Crippen molar-refractivity contribution in [3.8, 4) is 17.1 Å². The molecule has 3 aromatic rings. The molecule has 0 aliphatic rings. The van der Waals surface area contributed by atoms with Crippen LogP contribution in [0.3, 0.4) is 0 Å². The number of para-hydroxylation sites is 1. The van der Waals surface area contributed by atoms with Crippen LogP contribution in [0, 0.1) is 6.92 Å². The predicted molar refractivity (Wildman–Crippen MR) is 74.7 cm³/mol. The lowest BCUT2D eigenvalue weighted by Crippen LogP contribution is -1.90. The van der Waals surface area contributed by atoms with Crippen molar-refractivity contribution in [1.29, 1.82) is 0 Å². The fourth-order valence-corrected chi connectivity index (χ4v) is 2.50. The van der Waals surface area contributed by atoms with Crippen LogP contribution in [0.5, 0.6) is 5.75 Å². The zero-order valence-corrected chi connectivity index (χ0v) is 11.3. The van der Waals surface area contributed by atoms with Gasteiger partial charge in [0.1, 0.15) is 16.2 Å². The third kappa shape index (κ3) is 1.69. The molecule has 0 aliphatic heterocycles. The van der Waals surface area contributed by atoms with Gasteiger partial charge in [-0.15, -0.1) is 0 Å². The van der Waals surface area contributed by atoms with E-state index in [1.54, 1.807) is 12.1 Å². The Labute approximate surface area is 113 Å². The van der Waals surface area contributed by atoms with Crippen molar-refractivity contribution in [2.45, 2.75) is 6.92 Å². The van der Waals surface area contributed by atoms with Crippen molar-refractivity contribution >= 4 is 21.4 Å². The molecule has 0 saturated carbocycles. The van der Waals surface area contributed by atoms with Crippen LogP contribution in [0.25, 0.3) is 16.9 Å². The minimum absolute atomic E-state index is 0.235. The second-order valence-corrected chi connectivity index (χ2v) is 4.96. The number of halogens is 1. The first kappa shape index (κ1) is 11.3. The van der Waals surface area contributed by atoms with Gasteiger partial charge in [-0.1, -0.05) is 18.2 Å². The number of pyridine rings is 1. The third-order valence-corrected chi connectivity index (χ3v) is 3.47. The van der Waals surface area contributed by atoms with Crippen molar-refractivity contribution in [3.05, 3.63) is 52.8 Å². The molecule has 1 N–H and O–H groups in total. The molecule has 3 rings (SSSR count). The smallest absolute Gasteiger partial charge is 0.149 e. The van der Waals surface area contributed by atoms with E-state index >= 15 is 0 Å². The topological polar surface area (TPSA) is 37.5 Å². The number of phenolic OH excluding ortho intramolecular Hbond substituents is 1. The normalized spacial score (nSPS) is 11.0. The lowest BCUT2D eigenvalue weighted by molar-refractivity contribution is 0.477. The Morgan fingerprint density at radius 3 is 2.72 bits per heavy atom. The maximum Gasteiger partial charge on any atom is 0.149 e. The van der Waals surface area contributed by atoms with Crippen molar-refractivity contribution < 1.29 is 5.11 Å². The Balaban J connectivity index is 2.36. The Morgan fingerprint density at radius 1 is 1.17 bits per heavy atom. The van der Waals surface area contributed by atoms with Crippen LogP contribution < -0.4 is 0 Å². The van der Waals surface area contributed by atoms with Gasteiger partial charge < -0.3 is 5.11 Å². The average Bonchev–Trinajstić information content (AvgIpc) is 2.67. The van der Waals surface area contributed by atoms with Crippen LogP contribution in [0.1, 0.15) is 5.56 Å². The molecule has 0 unspecified atom stereocenters. The predicted octanol–water partition coefficient (Wildman–Crippen LogP) is 3.78. The van der Waals surface area contributed by atoms with E-state index < -0.39 is 0 Å². The van der Waals surface area contributed by atoms with Gasteiger partial charge in [-0.25, -0.2) is 4.98 Å². The Hall–Kier alpha value is -1.81. The summed E-state index contributed by atoms with van der Waals surface area (Å²) in [5.74, 6) is 0.970. The summed E-state index contributed by atoms with van der Waals surface area (Å²) in [4.78, 5) is 4.48. The maximum atomic E-state index is 9.93. The first-order valence-electron chi connectivity index (χ1n) is 5.59. The molecule has 4 heteroatoms. The van der Waals surface area contributed by atoms with Crippen LogP contribution in [0.2, 0.25) is 0 Å². The van der Waals surface area contributed by atoms with Gasteiger partial charge in [0.25, 0.3) is 0 Å². The van der Waals surface area contributed by atoms with E-state index in [-0.39, 0.29) is 5.75 Å². The van der Waals surface area contributed by atoms with Crippen LogP contribution in [-0.2, 0) is 0 Å². The number of nitrogens with zero attached hydrogens (tertiary/aromatic N) is 2. The van der Waals surface area contributed by atoms with Gasteiger partial charge >= 0.3 is 0 Å². The molecular formula is C14H11BrN2O. The summed E-state index contributed by atoms with van der Waals surface area (Å²) in [6.07, 6.45) is 2.01. The molecular weight excluding hydrogens is 292 g/mol. The lowest BCUT2D eigenvalue weighted by Gasteiger charge is -2.04. The molecule has 90 valence electrons. The van der Waals surface area contributed by atoms with E-state index in [0.717, 1.165) is 27.1 Å². The summed E-state index contributed by atoms with van der Waals surface area (Å²) in [5, 5.41) is 9.93. The summed E-state index contributed by atoms with van der Waals surface area (Å²) in [6.45, 7) is 2.03. The highest BCUT2D eigenvalue weighted by Crippen LogP contribution is 2.31. The number of aromatic hydroxyl groups is 1. The number of aromatic nitrogens is 2. The van der Waals surface area contributed by atoms with Crippen molar-refractivity contribution in [3.63, 3.8) is 0 Å². The Bertz CT molecular complexity index is 734. The van der Waals surface area contributed by atoms with E-state index in [0.29, 0.717) is 0 Å². The van der Waals surface area contributed by atoms with Gasteiger partial charge in [-0.2, -0.15) is 0 Å². The van der Waals surface area contributed by atoms with Crippen molar-refractivity contribution in [1.82, 2.24) is 9.38 Å². The highest BCUT2D eigenvalue weighted by Gasteiger charge is 2.13. The van der Waals surface area contributed by atoms with Crippen LogP contribution in [0.15, 0.2) is 47.2 Å². The molecule has 3 nitrogen and oxygen atoms in total. The number of imidazole rings is 1. The first-order valence-corrected chi connectivity index (χ1v) is 6.38. The molecule has 0 amide bonds. The van der Waals surface area contributed by atoms with E-state index in [9.17, 15) is 5.11 Å². The molecule has 0 atom stereocenters. The summed E-state index contributed by atoms with van der Waals surface area (Å²) in [6, 6.07) is 11.3. The van der Waals surface area contributed by atoms with Crippen molar-refractivity contribution in [2.75, 3.05) is 0 Å². The van der Waals surface area contributed by atoms with Gasteiger partial charge in [0.05, 0.1) is 11.1 Å². The third-order valence-electron chi connectivity index (χ3n) is 2.88. The maximum absolute atomic E-state index is 9.93. The van der Waals surface area contributed by atoms with Gasteiger partial charge in [-0.05, 0) is 46.6 Å². The fraction of sp³-hybridized carbons (Fsp3) is 0.0714. The number of rotatable bonds is 1. The molecule has 2 heterocycles. The highest BCUT2D eigenvalue weighted by atomic mass is 79.9. The van der Waals surface area contributed by atoms with E-state index in [2.05, 4.69) is 20.9 Å². The Kier molecular flexibility index (Phi) is 2.59.